The highest BCUT2D eigenvalue weighted by Crippen LogP contribution is 2.33. The first-order valence-electron chi connectivity index (χ1n) is 5.96. The highest BCUT2D eigenvalue weighted by atomic mass is 79.9. The van der Waals surface area contributed by atoms with Crippen molar-refractivity contribution in [2.45, 2.75) is 12.5 Å². The number of carbonyl (C=O) groups excluding carboxylic acids is 1. The lowest BCUT2D eigenvalue weighted by molar-refractivity contribution is -0.122. The Morgan fingerprint density at radius 2 is 2.32 bits per heavy atom. The van der Waals surface area contributed by atoms with Gasteiger partial charge < -0.3 is 10.1 Å². The largest absolute Gasteiger partial charge is 0.492 e. The maximum absolute atomic E-state index is 12.2. The number of nitrogens with one attached hydrogen (secondary N) is 1. The molecule has 2 aromatic rings. The molecule has 0 fully saturated rings. The van der Waals surface area contributed by atoms with E-state index in [9.17, 15) is 4.79 Å². The first-order chi connectivity index (χ1) is 9.24. The summed E-state index contributed by atoms with van der Waals surface area (Å²) >= 11 is 5.03. The minimum absolute atomic E-state index is 0.0227. The number of carbonyl (C=O) groups is 1. The lowest BCUT2D eigenvalue weighted by Crippen LogP contribution is -2.29. The van der Waals surface area contributed by atoms with Crippen LogP contribution in [0.15, 0.2) is 40.2 Å². The standard InChI is InChI=1S/C14H12BrNO2S/c15-9-5-10(19-8-9)6-16-14(17)12-7-18-13-4-2-1-3-11(12)13/h1-5,8,12H,6-7H2,(H,16,17). The first kappa shape index (κ1) is 12.7. The van der Waals surface area contributed by atoms with Crippen LogP contribution in [0.25, 0.3) is 0 Å². The van der Waals surface area contributed by atoms with Crippen LogP contribution in [0.1, 0.15) is 16.4 Å². The van der Waals surface area contributed by atoms with Crippen LogP contribution in [-0.2, 0) is 11.3 Å². The maximum atomic E-state index is 12.2. The summed E-state index contributed by atoms with van der Waals surface area (Å²) in [5.74, 6) is 0.649. The van der Waals surface area contributed by atoms with Gasteiger partial charge in [0.15, 0.2) is 0 Å². The number of hydrogen-bond donors (Lipinski definition) is 1. The Hall–Kier alpha value is -1.33. The first-order valence-corrected chi connectivity index (χ1v) is 7.63. The van der Waals surface area contributed by atoms with Crippen LogP contribution in [0.2, 0.25) is 0 Å². The molecule has 1 aromatic carbocycles. The molecule has 1 unspecified atom stereocenters. The van der Waals surface area contributed by atoms with E-state index in [1.54, 1.807) is 11.3 Å². The summed E-state index contributed by atoms with van der Waals surface area (Å²) in [4.78, 5) is 13.3. The van der Waals surface area contributed by atoms with Gasteiger partial charge >= 0.3 is 0 Å². The van der Waals surface area contributed by atoms with Crippen molar-refractivity contribution in [3.05, 3.63) is 50.6 Å². The number of benzene rings is 1. The molecule has 0 saturated carbocycles. The van der Waals surface area contributed by atoms with Crippen molar-refractivity contribution in [3.8, 4) is 5.75 Å². The smallest absolute Gasteiger partial charge is 0.231 e. The third-order valence-corrected chi connectivity index (χ3v) is 4.77. The second kappa shape index (κ2) is 5.35. The fourth-order valence-corrected chi connectivity index (χ4v) is 3.51. The molecule has 1 amide bonds. The number of halogens is 1. The Balaban J connectivity index is 1.66. The van der Waals surface area contributed by atoms with Gasteiger partial charge in [-0.2, -0.15) is 0 Å². The predicted octanol–water partition coefficient (Wildman–Crippen LogP) is 3.30. The molecule has 1 aliphatic rings. The molecule has 3 nitrogen and oxygen atoms in total. The van der Waals surface area contributed by atoms with Gasteiger partial charge in [-0.3, -0.25) is 4.79 Å². The number of para-hydroxylation sites is 1. The number of amides is 1. The van der Waals surface area contributed by atoms with Gasteiger partial charge in [-0.05, 0) is 28.1 Å². The van der Waals surface area contributed by atoms with Gasteiger partial charge in [-0.1, -0.05) is 18.2 Å². The molecule has 0 spiro atoms. The molecule has 0 aliphatic carbocycles. The van der Waals surface area contributed by atoms with E-state index in [1.165, 1.54) is 0 Å². The molecule has 0 bridgehead atoms. The van der Waals surface area contributed by atoms with Crippen molar-refractivity contribution in [3.63, 3.8) is 0 Å². The van der Waals surface area contributed by atoms with Gasteiger partial charge in [0, 0.05) is 20.3 Å². The summed E-state index contributed by atoms with van der Waals surface area (Å²) in [6.07, 6.45) is 0. The Morgan fingerprint density at radius 1 is 1.47 bits per heavy atom. The highest BCUT2D eigenvalue weighted by Gasteiger charge is 2.29. The van der Waals surface area contributed by atoms with Gasteiger partial charge in [-0.15, -0.1) is 11.3 Å². The van der Waals surface area contributed by atoms with Crippen LogP contribution in [0.5, 0.6) is 5.75 Å². The molecule has 0 radical (unpaired) electrons. The van der Waals surface area contributed by atoms with Crippen LogP contribution in [0, 0.1) is 0 Å². The normalized spacial score (nSPS) is 16.8. The predicted molar refractivity (Wildman–Crippen MR) is 78.5 cm³/mol. The zero-order valence-corrected chi connectivity index (χ0v) is 12.5. The maximum Gasteiger partial charge on any atom is 0.231 e. The zero-order valence-electron chi connectivity index (χ0n) is 10.1. The summed E-state index contributed by atoms with van der Waals surface area (Å²) in [5, 5.41) is 4.98. The fraction of sp³-hybridized carbons (Fsp3) is 0.214. The summed E-state index contributed by atoms with van der Waals surface area (Å²) < 4.78 is 6.57. The van der Waals surface area contributed by atoms with Crippen molar-refractivity contribution in [1.29, 1.82) is 0 Å². The quantitative estimate of drug-likeness (QED) is 0.933. The number of fused-ring (bicyclic) bond motifs is 1. The zero-order chi connectivity index (χ0) is 13.2. The summed E-state index contributed by atoms with van der Waals surface area (Å²) in [6.45, 7) is 0.993. The summed E-state index contributed by atoms with van der Waals surface area (Å²) in [7, 11) is 0. The van der Waals surface area contributed by atoms with E-state index >= 15 is 0 Å². The molecule has 3 rings (SSSR count). The molecule has 1 aliphatic heterocycles. The van der Waals surface area contributed by atoms with Gasteiger partial charge in [0.1, 0.15) is 18.3 Å². The van der Waals surface area contributed by atoms with E-state index in [4.69, 9.17) is 4.74 Å². The highest BCUT2D eigenvalue weighted by molar-refractivity contribution is 9.10. The van der Waals surface area contributed by atoms with Crippen molar-refractivity contribution in [1.82, 2.24) is 5.32 Å². The van der Waals surface area contributed by atoms with E-state index in [-0.39, 0.29) is 11.8 Å². The molecule has 98 valence electrons. The number of rotatable bonds is 3. The van der Waals surface area contributed by atoms with Gasteiger partial charge in [0.2, 0.25) is 5.91 Å². The SMILES string of the molecule is O=C(NCc1cc(Br)cs1)C1COc2ccccc21. The third kappa shape index (κ3) is 2.67. The third-order valence-electron chi connectivity index (χ3n) is 3.08. The van der Waals surface area contributed by atoms with E-state index in [0.29, 0.717) is 13.2 Å². The van der Waals surface area contributed by atoms with Gasteiger partial charge in [0.25, 0.3) is 0 Å². The number of thiophene rings is 1. The lowest BCUT2D eigenvalue weighted by atomic mass is 10.0. The van der Waals surface area contributed by atoms with E-state index in [1.807, 2.05) is 35.7 Å². The molecule has 2 heterocycles. The number of ether oxygens (including phenoxy) is 1. The van der Waals surface area contributed by atoms with E-state index in [0.717, 1.165) is 20.7 Å². The lowest BCUT2D eigenvalue weighted by Gasteiger charge is -2.09. The molecule has 19 heavy (non-hydrogen) atoms. The van der Waals surface area contributed by atoms with Crippen molar-refractivity contribution < 1.29 is 9.53 Å². The molecule has 1 aromatic heterocycles. The fourth-order valence-electron chi connectivity index (χ4n) is 2.12. The molecule has 1 atom stereocenters. The van der Waals surface area contributed by atoms with Crippen LogP contribution in [-0.4, -0.2) is 12.5 Å². The van der Waals surface area contributed by atoms with Crippen LogP contribution in [0.3, 0.4) is 0 Å². The van der Waals surface area contributed by atoms with Crippen LogP contribution < -0.4 is 10.1 Å². The molecule has 1 N–H and O–H groups in total. The van der Waals surface area contributed by atoms with Crippen molar-refractivity contribution in [2.24, 2.45) is 0 Å². The van der Waals surface area contributed by atoms with Gasteiger partial charge in [-0.25, -0.2) is 0 Å². The molecule has 5 heteroatoms. The Labute approximate surface area is 123 Å². The topological polar surface area (TPSA) is 38.3 Å². The molecule has 0 saturated heterocycles. The summed E-state index contributed by atoms with van der Waals surface area (Å²) in [5.41, 5.74) is 0.979. The van der Waals surface area contributed by atoms with Crippen LogP contribution in [0.4, 0.5) is 0 Å². The molecular weight excluding hydrogens is 326 g/mol. The number of hydrogen-bond acceptors (Lipinski definition) is 3. The van der Waals surface area contributed by atoms with E-state index < -0.39 is 0 Å². The Bertz CT molecular complexity index is 611. The van der Waals surface area contributed by atoms with Gasteiger partial charge in [0.05, 0.1) is 6.54 Å². The average Bonchev–Trinajstić information content (AvgIpc) is 3.02. The second-order valence-electron chi connectivity index (χ2n) is 4.35. The summed E-state index contributed by atoms with van der Waals surface area (Å²) in [6, 6.07) is 9.73. The average molecular weight is 338 g/mol. The van der Waals surface area contributed by atoms with Crippen LogP contribution >= 0.6 is 27.3 Å². The molecular formula is C14H12BrNO2S. The monoisotopic (exact) mass is 337 g/mol. The second-order valence-corrected chi connectivity index (χ2v) is 6.26. The van der Waals surface area contributed by atoms with E-state index in [2.05, 4.69) is 21.2 Å². The minimum Gasteiger partial charge on any atom is -0.492 e. The Kier molecular flexibility index (Phi) is 3.57. The minimum atomic E-state index is -0.195. The Morgan fingerprint density at radius 3 is 3.11 bits per heavy atom. The van der Waals surface area contributed by atoms with Crippen molar-refractivity contribution in [2.75, 3.05) is 6.61 Å². The van der Waals surface area contributed by atoms with Crippen molar-refractivity contribution >= 4 is 33.2 Å².